The van der Waals surface area contributed by atoms with E-state index in [0.29, 0.717) is 5.02 Å². The quantitative estimate of drug-likeness (QED) is 0.888. The second-order valence-corrected chi connectivity index (χ2v) is 5.57. The third-order valence-electron chi connectivity index (χ3n) is 2.42. The Morgan fingerprint density at radius 1 is 1.53 bits per heavy atom. The van der Waals surface area contributed by atoms with Crippen LogP contribution in [-0.2, 0) is 11.3 Å². The van der Waals surface area contributed by atoms with Gasteiger partial charge in [-0.1, -0.05) is 11.6 Å². The number of aromatic amines is 1. The first-order chi connectivity index (χ1) is 8.87. The summed E-state index contributed by atoms with van der Waals surface area (Å²) < 4.78 is 5.15. The third kappa shape index (κ3) is 3.38. The molecule has 2 aromatic rings. The van der Waals surface area contributed by atoms with E-state index in [1.807, 2.05) is 26.8 Å². The highest BCUT2D eigenvalue weighted by Gasteiger charge is 2.17. The Kier molecular flexibility index (Phi) is 3.66. The maximum absolute atomic E-state index is 11.6. The average molecular weight is 282 g/mol. The standard InChI is InChI=1S/C13H16ClN3O2/c1-13(2,3)19-12(18)16-7-10-11(14)8-6-15-5-4-9(8)17-10/h4-6,17H,7H2,1-3H3,(H,16,18). The summed E-state index contributed by atoms with van der Waals surface area (Å²) in [7, 11) is 0. The number of hydrogen-bond donors (Lipinski definition) is 2. The van der Waals surface area contributed by atoms with Crippen molar-refractivity contribution < 1.29 is 9.53 Å². The number of alkyl carbamates (subject to hydrolysis) is 1. The van der Waals surface area contributed by atoms with Crippen molar-refractivity contribution >= 4 is 28.6 Å². The number of amides is 1. The fourth-order valence-corrected chi connectivity index (χ4v) is 1.92. The molecule has 2 N–H and O–H groups in total. The molecule has 0 spiro atoms. The summed E-state index contributed by atoms with van der Waals surface area (Å²) in [5.74, 6) is 0. The largest absolute Gasteiger partial charge is 0.444 e. The molecule has 0 atom stereocenters. The van der Waals surface area contributed by atoms with Crippen LogP contribution < -0.4 is 5.32 Å². The summed E-state index contributed by atoms with van der Waals surface area (Å²) in [6.45, 7) is 5.72. The average Bonchev–Trinajstić information content (AvgIpc) is 2.62. The Hall–Kier alpha value is -1.75. The van der Waals surface area contributed by atoms with Crippen molar-refractivity contribution in [2.24, 2.45) is 0 Å². The fourth-order valence-electron chi connectivity index (χ4n) is 1.65. The van der Waals surface area contributed by atoms with Gasteiger partial charge in [-0.05, 0) is 26.8 Å². The summed E-state index contributed by atoms with van der Waals surface area (Å²) >= 11 is 6.21. The van der Waals surface area contributed by atoms with Gasteiger partial charge in [-0.3, -0.25) is 4.98 Å². The molecule has 2 rings (SSSR count). The number of carbonyl (C=O) groups excluding carboxylic acids is 1. The van der Waals surface area contributed by atoms with E-state index in [1.54, 1.807) is 12.4 Å². The van der Waals surface area contributed by atoms with E-state index >= 15 is 0 Å². The molecular formula is C13H16ClN3O2. The molecule has 0 unspecified atom stereocenters. The van der Waals surface area contributed by atoms with Gasteiger partial charge in [-0.2, -0.15) is 0 Å². The maximum Gasteiger partial charge on any atom is 0.407 e. The normalized spacial score (nSPS) is 11.6. The molecule has 0 saturated heterocycles. The van der Waals surface area contributed by atoms with Gasteiger partial charge in [-0.15, -0.1) is 0 Å². The van der Waals surface area contributed by atoms with E-state index in [9.17, 15) is 4.79 Å². The molecule has 6 heteroatoms. The van der Waals surface area contributed by atoms with Gasteiger partial charge in [0.15, 0.2) is 0 Å². The van der Waals surface area contributed by atoms with Crippen LogP contribution in [0.25, 0.3) is 10.9 Å². The zero-order valence-corrected chi connectivity index (χ0v) is 11.8. The van der Waals surface area contributed by atoms with Crippen LogP contribution in [0.15, 0.2) is 18.5 Å². The lowest BCUT2D eigenvalue weighted by Crippen LogP contribution is -2.32. The number of H-pyrrole nitrogens is 1. The Morgan fingerprint density at radius 2 is 2.26 bits per heavy atom. The van der Waals surface area contributed by atoms with Crippen molar-refractivity contribution in [3.63, 3.8) is 0 Å². The highest BCUT2D eigenvalue weighted by Crippen LogP contribution is 2.26. The molecule has 0 aliphatic carbocycles. The minimum atomic E-state index is -0.516. The molecule has 0 fully saturated rings. The van der Waals surface area contributed by atoms with E-state index in [2.05, 4.69) is 15.3 Å². The van der Waals surface area contributed by atoms with Crippen LogP contribution in [0.5, 0.6) is 0 Å². The summed E-state index contributed by atoms with van der Waals surface area (Å²) in [5, 5.41) is 4.07. The van der Waals surface area contributed by atoms with Crippen molar-refractivity contribution in [1.29, 1.82) is 0 Å². The van der Waals surface area contributed by atoms with Crippen molar-refractivity contribution in [3.8, 4) is 0 Å². The molecule has 2 heterocycles. The number of pyridine rings is 1. The fraction of sp³-hybridized carbons (Fsp3) is 0.385. The maximum atomic E-state index is 11.6. The number of nitrogens with zero attached hydrogens (tertiary/aromatic N) is 1. The van der Waals surface area contributed by atoms with Gasteiger partial charge in [0, 0.05) is 17.8 Å². The molecule has 1 amide bonds. The molecule has 5 nitrogen and oxygen atoms in total. The Morgan fingerprint density at radius 3 is 2.89 bits per heavy atom. The van der Waals surface area contributed by atoms with Crippen LogP contribution >= 0.6 is 11.6 Å². The zero-order valence-electron chi connectivity index (χ0n) is 11.1. The number of hydrogen-bond acceptors (Lipinski definition) is 3. The predicted molar refractivity (Wildman–Crippen MR) is 74.2 cm³/mol. The van der Waals surface area contributed by atoms with Crippen LogP contribution in [0.1, 0.15) is 26.5 Å². The van der Waals surface area contributed by atoms with Crippen LogP contribution in [0.3, 0.4) is 0 Å². The molecule has 0 aromatic carbocycles. The molecular weight excluding hydrogens is 266 g/mol. The van der Waals surface area contributed by atoms with E-state index in [1.165, 1.54) is 0 Å². The summed E-state index contributed by atoms with van der Waals surface area (Å²) in [6, 6.07) is 1.83. The minimum Gasteiger partial charge on any atom is -0.444 e. The van der Waals surface area contributed by atoms with Crippen LogP contribution in [-0.4, -0.2) is 21.7 Å². The number of ether oxygens (including phenoxy) is 1. The molecule has 0 radical (unpaired) electrons. The van der Waals surface area contributed by atoms with Gasteiger partial charge >= 0.3 is 6.09 Å². The lowest BCUT2D eigenvalue weighted by atomic mass is 10.2. The van der Waals surface area contributed by atoms with Crippen LogP contribution in [0.2, 0.25) is 5.02 Å². The van der Waals surface area contributed by atoms with Crippen LogP contribution in [0.4, 0.5) is 4.79 Å². The highest BCUT2D eigenvalue weighted by molar-refractivity contribution is 6.36. The number of halogens is 1. The highest BCUT2D eigenvalue weighted by atomic mass is 35.5. The van der Waals surface area contributed by atoms with E-state index in [-0.39, 0.29) is 6.54 Å². The van der Waals surface area contributed by atoms with Gasteiger partial charge in [-0.25, -0.2) is 4.79 Å². The Labute approximate surface area is 116 Å². The smallest absolute Gasteiger partial charge is 0.407 e. The van der Waals surface area contributed by atoms with Crippen LogP contribution in [0, 0.1) is 0 Å². The topological polar surface area (TPSA) is 67.0 Å². The number of aromatic nitrogens is 2. The lowest BCUT2D eigenvalue weighted by Gasteiger charge is -2.19. The van der Waals surface area contributed by atoms with Crippen molar-refractivity contribution in [1.82, 2.24) is 15.3 Å². The molecule has 0 aliphatic rings. The molecule has 2 aromatic heterocycles. The number of nitrogens with one attached hydrogen (secondary N) is 2. The van der Waals surface area contributed by atoms with E-state index < -0.39 is 11.7 Å². The summed E-state index contributed by atoms with van der Waals surface area (Å²) in [6.07, 6.45) is 2.89. The Bertz CT molecular complexity index is 601. The van der Waals surface area contributed by atoms with Gasteiger partial charge in [0.1, 0.15) is 5.60 Å². The monoisotopic (exact) mass is 281 g/mol. The van der Waals surface area contributed by atoms with Crippen molar-refractivity contribution in [3.05, 3.63) is 29.2 Å². The summed E-state index contributed by atoms with van der Waals surface area (Å²) in [4.78, 5) is 18.7. The Balaban J connectivity index is 2.06. The first-order valence-corrected chi connectivity index (χ1v) is 6.31. The van der Waals surface area contributed by atoms with Gasteiger partial charge in [0.05, 0.1) is 22.8 Å². The summed E-state index contributed by atoms with van der Waals surface area (Å²) in [5.41, 5.74) is 1.11. The molecule has 102 valence electrons. The first kappa shape index (κ1) is 13.7. The SMILES string of the molecule is CC(C)(C)OC(=O)NCc1[nH]c2ccncc2c1Cl. The zero-order chi connectivity index (χ0) is 14.0. The van der Waals surface area contributed by atoms with Crippen molar-refractivity contribution in [2.75, 3.05) is 0 Å². The van der Waals surface area contributed by atoms with Gasteiger partial charge in [0.2, 0.25) is 0 Å². The molecule has 0 bridgehead atoms. The van der Waals surface area contributed by atoms with E-state index in [4.69, 9.17) is 16.3 Å². The minimum absolute atomic E-state index is 0.280. The predicted octanol–water partition coefficient (Wildman–Crippen LogP) is 3.24. The second-order valence-electron chi connectivity index (χ2n) is 5.19. The lowest BCUT2D eigenvalue weighted by molar-refractivity contribution is 0.0523. The number of rotatable bonds is 2. The first-order valence-electron chi connectivity index (χ1n) is 5.94. The van der Waals surface area contributed by atoms with Gasteiger partial charge in [0.25, 0.3) is 0 Å². The number of carbonyl (C=O) groups is 1. The third-order valence-corrected chi connectivity index (χ3v) is 2.85. The number of fused-ring (bicyclic) bond motifs is 1. The molecule has 19 heavy (non-hydrogen) atoms. The second kappa shape index (κ2) is 5.09. The van der Waals surface area contributed by atoms with E-state index in [0.717, 1.165) is 16.6 Å². The van der Waals surface area contributed by atoms with Gasteiger partial charge < -0.3 is 15.0 Å². The van der Waals surface area contributed by atoms with Crippen molar-refractivity contribution in [2.45, 2.75) is 32.9 Å². The molecule has 0 saturated carbocycles. The molecule has 0 aliphatic heterocycles.